The van der Waals surface area contributed by atoms with Crippen molar-refractivity contribution in [3.05, 3.63) is 63.6 Å². The van der Waals surface area contributed by atoms with Crippen molar-refractivity contribution in [2.75, 3.05) is 0 Å². The molecule has 6 heteroatoms. The Labute approximate surface area is 166 Å². The monoisotopic (exact) mass is 400 g/mol. The first kappa shape index (κ1) is 18.7. The number of halogens is 2. The molecule has 2 aliphatic rings. The molecule has 0 radical (unpaired) electrons. The Kier molecular flexibility index (Phi) is 4.71. The lowest BCUT2D eigenvalue weighted by Crippen LogP contribution is -2.21. The average molecular weight is 401 g/mol. The first-order valence-corrected chi connectivity index (χ1v) is 9.48. The molecule has 0 aromatic heterocycles. The van der Waals surface area contributed by atoms with Crippen molar-refractivity contribution in [3.63, 3.8) is 0 Å². The molecule has 0 saturated carbocycles. The van der Waals surface area contributed by atoms with Crippen LogP contribution in [0.3, 0.4) is 0 Å². The molecule has 4 rings (SSSR count). The average Bonchev–Trinajstić information content (AvgIpc) is 2.93. The smallest absolute Gasteiger partial charge is 0.311 e. The molecule has 0 unspecified atom stereocenters. The van der Waals surface area contributed by atoms with Crippen LogP contribution in [-0.4, -0.2) is 11.8 Å². The van der Waals surface area contributed by atoms with Gasteiger partial charge in [0.25, 0.3) is 0 Å². The second kappa shape index (κ2) is 7.06. The van der Waals surface area contributed by atoms with E-state index in [1.54, 1.807) is 18.2 Å². The maximum Gasteiger partial charge on any atom is 0.311 e. The van der Waals surface area contributed by atoms with E-state index in [-0.39, 0.29) is 40.4 Å². The van der Waals surface area contributed by atoms with Crippen molar-refractivity contribution < 1.29 is 23.5 Å². The van der Waals surface area contributed by atoms with Crippen molar-refractivity contribution in [2.45, 2.75) is 32.6 Å². The summed E-state index contributed by atoms with van der Waals surface area (Å²) in [5.41, 5.74) is 1.20. The van der Waals surface area contributed by atoms with Gasteiger partial charge in [-0.05, 0) is 42.7 Å². The topological polar surface area (TPSA) is 52.6 Å². The number of ketones is 1. The number of rotatable bonds is 3. The van der Waals surface area contributed by atoms with Crippen LogP contribution in [0, 0.1) is 11.7 Å². The van der Waals surface area contributed by atoms with E-state index in [0.29, 0.717) is 23.0 Å². The Hall–Kier alpha value is -2.66. The van der Waals surface area contributed by atoms with Crippen molar-refractivity contribution in [3.8, 4) is 11.5 Å². The van der Waals surface area contributed by atoms with E-state index in [4.69, 9.17) is 21.1 Å². The Bertz CT molecular complexity index is 1010. The fourth-order valence-corrected chi connectivity index (χ4v) is 3.96. The molecule has 144 valence electrons. The van der Waals surface area contributed by atoms with E-state index in [2.05, 4.69) is 13.8 Å². The highest BCUT2D eigenvalue weighted by Crippen LogP contribution is 2.48. The maximum absolute atomic E-state index is 14.1. The van der Waals surface area contributed by atoms with Crippen molar-refractivity contribution in [1.82, 2.24) is 0 Å². The van der Waals surface area contributed by atoms with Crippen LogP contribution in [0.4, 0.5) is 4.39 Å². The second-order valence-corrected chi connectivity index (χ2v) is 7.84. The number of allylic oxidation sites excluding steroid dienone is 1. The quantitative estimate of drug-likeness (QED) is 0.386. The van der Waals surface area contributed by atoms with Crippen LogP contribution in [0.25, 0.3) is 6.08 Å². The van der Waals surface area contributed by atoms with Crippen LogP contribution >= 0.6 is 11.6 Å². The molecule has 0 saturated heterocycles. The molecule has 0 bridgehead atoms. The number of hydrogen-bond acceptors (Lipinski definition) is 4. The van der Waals surface area contributed by atoms with Gasteiger partial charge in [0.15, 0.2) is 5.76 Å². The molecular weight excluding hydrogens is 383 g/mol. The Balaban J connectivity index is 1.80. The Morgan fingerprint density at radius 2 is 2.00 bits per heavy atom. The lowest BCUT2D eigenvalue weighted by molar-refractivity contribution is -0.136. The number of benzene rings is 2. The van der Waals surface area contributed by atoms with Gasteiger partial charge in [0.05, 0.1) is 17.0 Å². The summed E-state index contributed by atoms with van der Waals surface area (Å²) >= 11 is 6.07. The van der Waals surface area contributed by atoms with E-state index in [0.717, 1.165) is 12.0 Å². The molecule has 0 N–H and O–H groups in total. The van der Waals surface area contributed by atoms with Gasteiger partial charge >= 0.3 is 5.97 Å². The molecule has 0 aliphatic carbocycles. The first-order valence-electron chi connectivity index (χ1n) is 9.11. The number of hydrogen-bond donors (Lipinski definition) is 0. The summed E-state index contributed by atoms with van der Waals surface area (Å²) in [6.07, 6.45) is 2.31. The van der Waals surface area contributed by atoms with Gasteiger partial charge in [0, 0.05) is 17.0 Å². The lowest BCUT2D eigenvalue weighted by Gasteiger charge is -2.27. The largest absolute Gasteiger partial charge is 0.452 e. The van der Waals surface area contributed by atoms with E-state index < -0.39 is 5.82 Å². The summed E-state index contributed by atoms with van der Waals surface area (Å²) in [6.45, 7) is 4.14. The number of ether oxygens (including phenoxy) is 2. The van der Waals surface area contributed by atoms with Crippen molar-refractivity contribution >= 4 is 29.4 Å². The predicted molar refractivity (Wildman–Crippen MR) is 103 cm³/mol. The summed E-state index contributed by atoms with van der Waals surface area (Å²) in [6, 6.07) is 7.51. The van der Waals surface area contributed by atoms with Gasteiger partial charge < -0.3 is 9.47 Å². The summed E-state index contributed by atoms with van der Waals surface area (Å²) in [5, 5.41) is 0.188. The molecule has 2 aliphatic heterocycles. The zero-order valence-corrected chi connectivity index (χ0v) is 16.2. The summed E-state index contributed by atoms with van der Waals surface area (Å²) < 4.78 is 25.4. The predicted octanol–water partition coefficient (Wildman–Crippen LogP) is 5.53. The minimum absolute atomic E-state index is 0.00408. The minimum Gasteiger partial charge on any atom is -0.452 e. The highest BCUT2D eigenvalue weighted by molar-refractivity contribution is 6.32. The molecule has 2 heterocycles. The van der Waals surface area contributed by atoms with Gasteiger partial charge in [-0.15, -0.1) is 0 Å². The summed E-state index contributed by atoms with van der Waals surface area (Å²) in [7, 11) is 0. The Morgan fingerprint density at radius 1 is 1.21 bits per heavy atom. The molecule has 0 spiro atoms. The molecule has 28 heavy (non-hydrogen) atoms. The van der Waals surface area contributed by atoms with E-state index in [1.807, 2.05) is 0 Å². The second-order valence-electron chi connectivity index (χ2n) is 7.43. The van der Waals surface area contributed by atoms with Crippen LogP contribution in [0.1, 0.15) is 54.1 Å². The highest BCUT2D eigenvalue weighted by atomic mass is 35.5. The molecule has 1 atom stereocenters. The molecule has 4 nitrogen and oxygen atoms in total. The van der Waals surface area contributed by atoms with Gasteiger partial charge in [-0.3, -0.25) is 9.59 Å². The van der Waals surface area contributed by atoms with Crippen molar-refractivity contribution in [2.24, 2.45) is 5.92 Å². The number of fused-ring (bicyclic) bond motifs is 3. The fraction of sp³-hybridized carbons (Fsp3) is 0.273. The molecule has 2 aromatic rings. The SMILES string of the molecule is CC(C)C[C@@H]1CC(=O)Oc2ccc3c(c21)O/C(=C\c1c(F)cccc1Cl)C3=O. The zero-order chi connectivity index (χ0) is 20.0. The normalized spacial score (nSPS) is 19.5. The molecular formula is C22H18ClFO4. The molecule has 0 amide bonds. The number of esters is 1. The lowest BCUT2D eigenvalue weighted by atomic mass is 9.84. The first-order chi connectivity index (χ1) is 13.3. The van der Waals surface area contributed by atoms with Gasteiger partial charge in [0.1, 0.15) is 17.3 Å². The number of carbonyl (C=O) groups is 2. The van der Waals surface area contributed by atoms with Crippen LogP contribution < -0.4 is 9.47 Å². The van der Waals surface area contributed by atoms with Crippen LogP contribution in [-0.2, 0) is 4.79 Å². The third kappa shape index (κ3) is 3.20. The fourth-order valence-electron chi connectivity index (χ4n) is 3.75. The van der Waals surface area contributed by atoms with E-state index in [1.165, 1.54) is 18.2 Å². The van der Waals surface area contributed by atoms with Gasteiger partial charge in [-0.2, -0.15) is 0 Å². The number of Topliss-reactive ketones (excluding diaryl/α,β-unsaturated/α-hetero) is 1. The van der Waals surface area contributed by atoms with Crippen molar-refractivity contribution in [1.29, 1.82) is 0 Å². The van der Waals surface area contributed by atoms with E-state index in [9.17, 15) is 14.0 Å². The highest BCUT2D eigenvalue weighted by Gasteiger charge is 2.38. The Morgan fingerprint density at radius 3 is 2.71 bits per heavy atom. The summed E-state index contributed by atoms with van der Waals surface area (Å²) in [4.78, 5) is 24.8. The van der Waals surface area contributed by atoms with Gasteiger partial charge in [-0.25, -0.2) is 4.39 Å². The van der Waals surface area contributed by atoms with Crippen LogP contribution in [0.15, 0.2) is 36.1 Å². The van der Waals surface area contributed by atoms with Crippen LogP contribution in [0.2, 0.25) is 5.02 Å². The standard InChI is InChI=1S/C22H18ClFO4/c1-11(2)8-12-9-19(25)27-17-7-6-13-21(26)18(28-22(13)20(12)17)10-14-15(23)4-3-5-16(14)24/h3-7,10-12H,8-9H2,1-2H3/b18-10-/t12-/m1/s1. The van der Waals surface area contributed by atoms with Gasteiger partial charge in [-0.1, -0.05) is 31.5 Å². The molecule has 0 fully saturated rings. The third-order valence-corrected chi connectivity index (χ3v) is 5.24. The number of carbonyl (C=O) groups excluding carboxylic acids is 2. The third-order valence-electron chi connectivity index (χ3n) is 4.91. The van der Waals surface area contributed by atoms with E-state index >= 15 is 0 Å². The summed E-state index contributed by atoms with van der Waals surface area (Å²) in [5.74, 6) is -0.137. The molecule has 2 aromatic carbocycles. The minimum atomic E-state index is -0.541. The van der Waals surface area contributed by atoms with Crippen LogP contribution in [0.5, 0.6) is 11.5 Å². The zero-order valence-electron chi connectivity index (χ0n) is 15.4. The van der Waals surface area contributed by atoms with Gasteiger partial charge in [0.2, 0.25) is 5.78 Å². The maximum atomic E-state index is 14.1.